The van der Waals surface area contributed by atoms with Gasteiger partial charge in [-0.15, -0.1) is 23.2 Å². The lowest BCUT2D eigenvalue weighted by Gasteiger charge is -2.13. The number of halogens is 10. The number of carbonyl (C=O) groups excluding carboxylic acids is 2. The van der Waals surface area contributed by atoms with E-state index >= 15 is 0 Å². The number of alkyl halides is 4. The van der Waals surface area contributed by atoms with Gasteiger partial charge >= 0.3 is 0 Å². The van der Waals surface area contributed by atoms with Crippen molar-refractivity contribution in [1.29, 1.82) is 0 Å². The van der Waals surface area contributed by atoms with E-state index in [4.69, 9.17) is 46.4 Å². The first-order valence-electron chi connectivity index (χ1n) is 11.2. The van der Waals surface area contributed by atoms with Gasteiger partial charge < -0.3 is 16.0 Å². The Kier molecular flexibility index (Phi) is 8.70. The van der Waals surface area contributed by atoms with Crippen molar-refractivity contribution < 1.29 is 35.9 Å². The minimum Gasteiger partial charge on any atom is -0.377 e. The fraction of sp³-hybridized carbons (Fsp3) is 0.200. The van der Waals surface area contributed by atoms with Crippen LogP contribution in [0, 0.1) is 29.2 Å². The molecule has 212 valence electrons. The van der Waals surface area contributed by atoms with Gasteiger partial charge in [0.25, 0.3) is 12.3 Å². The van der Waals surface area contributed by atoms with Gasteiger partial charge in [0.2, 0.25) is 5.91 Å². The predicted octanol–water partition coefficient (Wildman–Crippen LogP) is 8.01. The molecule has 0 aromatic heterocycles. The van der Waals surface area contributed by atoms with Crippen LogP contribution in [-0.2, 0) is 4.79 Å². The molecule has 2 atom stereocenters. The second-order valence-corrected chi connectivity index (χ2v) is 10.9. The molecule has 40 heavy (non-hydrogen) atoms. The monoisotopic (exact) mass is 643 g/mol. The maximum Gasteiger partial charge on any atom is 0.258 e. The highest BCUT2D eigenvalue weighted by atomic mass is 35.5. The van der Waals surface area contributed by atoms with E-state index < -0.39 is 81.2 Å². The Bertz CT molecular complexity index is 1510. The summed E-state index contributed by atoms with van der Waals surface area (Å²) in [6, 6.07) is 6.86. The molecule has 3 N–H and O–H groups in total. The van der Waals surface area contributed by atoms with E-state index in [1.807, 2.05) is 10.6 Å². The van der Waals surface area contributed by atoms with Crippen molar-refractivity contribution in [2.75, 3.05) is 22.5 Å². The van der Waals surface area contributed by atoms with Gasteiger partial charge in [-0.25, -0.2) is 26.3 Å². The minimum absolute atomic E-state index is 0.195. The second-order valence-electron chi connectivity index (χ2n) is 8.65. The van der Waals surface area contributed by atoms with E-state index in [0.717, 1.165) is 6.07 Å². The molecule has 0 unspecified atom stereocenters. The van der Waals surface area contributed by atoms with Crippen molar-refractivity contribution in [2.24, 2.45) is 5.92 Å². The molecule has 1 saturated carbocycles. The van der Waals surface area contributed by atoms with E-state index in [1.165, 1.54) is 12.1 Å². The zero-order chi connectivity index (χ0) is 29.5. The van der Waals surface area contributed by atoms with Crippen LogP contribution < -0.4 is 16.0 Å². The molecule has 0 spiro atoms. The average molecular weight is 645 g/mol. The van der Waals surface area contributed by atoms with Crippen LogP contribution in [0.25, 0.3) is 0 Å². The molecule has 2 amide bonds. The molecule has 0 radical (unpaired) electrons. The van der Waals surface area contributed by atoms with Gasteiger partial charge in [-0.2, -0.15) is 0 Å². The molecule has 15 heteroatoms. The first-order chi connectivity index (χ1) is 18.7. The van der Waals surface area contributed by atoms with E-state index in [2.05, 4.69) is 5.32 Å². The smallest absolute Gasteiger partial charge is 0.258 e. The van der Waals surface area contributed by atoms with Crippen molar-refractivity contribution in [3.63, 3.8) is 0 Å². The largest absolute Gasteiger partial charge is 0.377 e. The quantitative estimate of drug-likeness (QED) is 0.172. The highest BCUT2D eigenvalue weighted by Gasteiger charge is 2.67. The molecule has 3 aromatic rings. The van der Waals surface area contributed by atoms with Crippen molar-refractivity contribution >= 4 is 75.3 Å². The Morgan fingerprint density at radius 3 is 2.17 bits per heavy atom. The minimum atomic E-state index is -2.87. The van der Waals surface area contributed by atoms with E-state index in [1.54, 1.807) is 6.07 Å². The Balaban J connectivity index is 1.54. The van der Waals surface area contributed by atoms with Crippen molar-refractivity contribution in [1.82, 2.24) is 0 Å². The van der Waals surface area contributed by atoms with E-state index in [9.17, 15) is 35.9 Å². The van der Waals surface area contributed by atoms with Crippen molar-refractivity contribution in [3.8, 4) is 0 Å². The van der Waals surface area contributed by atoms with Crippen molar-refractivity contribution in [2.45, 2.75) is 16.7 Å². The summed E-state index contributed by atoms with van der Waals surface area (Å²) in [4.78, 5) is 25.6. The van der Waals surface area contributed by atoms with Crippen LogP contribution in [0.2, 0.25) is 10.0 Å². The van der Waals surface area contributed by atoms with Crippen molar-refractivity contribution in [3.05, 3.63) is 86.9 Å². The Morgan fingerprint density at radius 1 is 0.850 bits per heavy atom. The molecule has 1 aliphatic carbocycles. The molecule has 3 aromatic carbocycles. The number of benzene rings is 3. The number of anilines is 3. The summed E-state index contributed by atoms with van der Waals surface area (Å²) in [7, 11) is 0. The first-order valence-corrected chi connectivity index (χ1v) is 12.7. The van der Waals surface area contributed by atoms with Gasteiger partial charge in [0, 0.05) is 23.7 Å². The number of hydrogen-bond donors (Lipinski definition) is 3. The maximum atomic E-state index is 14.5. The Morgan fingerprint density at radius 2 is 1.52 bits per heavy atom. The Hall–Kier alpha value is -2.86. The van der Waals surface area contributed by atoms with Gasteiger partial charge in [-0.05, 0) is 29.8 Å². The summed E-state index contributed by atoms with van der Waals surface area (Å²) in [6.45, 7) is -0.976. The summed E-state index contributed by atoms with van der Waals surface area (Å²) >= 11 is 24.5. The lowest BCUT2D eigenvalue weighted by Crippen LogP contribution is -2.20. The summed E-state index contributed by atoms with van der Waals surface area (Å²) < 4.78 is 80.3. The summed E-state index contributed by atoms with van der Waals surface area (Å²) in [5.41, 5.74) is -2.11. The number of hydrogen-bond acceptors (Lipinski definition) is 3. The van der Waals surface area contributed by atoms with Gasteiger partial charge in [0.05, 0.1) is 39.4 Å². The molecular weight excluding hydrogens is 630 g/mol. The predicted molar refractivity (Wildman–Crippen MR) is 141 cm³/mol. The molecule has 4 rings (SSSR count). The zero-order valence-corrected chi connectivity index (χ0v) is 22.6. The van der Waals surface area contributed by atoms with Gasteiger partial charge in [0.15, 0.2) is 11.6 Å². The number of amides is 2. The van der Waals surface area contributed by atoms with Crippen LogP contribution in [0.4, 0.5) is 43.4 Å². The van der Waals surface area contributed by atoms with Gasteiger partial charge in [-0.1, -0.05) is 29.3 Å². The van der Waals surface area contributed by atoms with Crippen LogP contribution in [-0.4, -0.2) is 29.1 Å². The summed E-state index contributed by atoms with van der Waals surface area (Å²) in [6.07, 6.45) is -2.87. The molecular formula is C25H15Cl4F6N3O2. The topological polar surface area (TPSA) is 70.2 Å². The third-order valence-electron chi connectivity index (χ3n) is 5.93. The lowest BCUT2D eigenvalue weighted by atomic mass is 10.1. The highest BCUT2D eigenvalue weighted by Crippen LogP contribution is 2.65. The third-order valence-corrected chi connectivity index (χ3v) is 7.61. The standard InChI is InChI=1S/C25H15Cl4F6N3O2/c26-12-2-1-9(3-13(12)27)20-21(25(20,28)29)24(40)37-10-4-11(22(35)16(32)5-10)23(39)38-18-7-17(36-8-19(33)34)14(30)6-15(18)31/h1-7,19-21,36H,8H2,(H,37,40)(H,38,39)/t20-,21+/m0/s1. The highest BCUT2D eigenvalue weighted by molar-refractivity contribution is 6.53. The molecule has 0 saturated heterocycles. The molecule has 0 heterocycles. The molecule has 0 aliphatic heterocycles. The number of carbonyl (C=O) groups is 2. The average Bonchev–Trinajstić information content (AvgIpc) is 3.45. The van der Waals surface area contributed by atoms with Gasteiger partial charge in [-0.3, -0.25) is 9.59 Å². The lowest BCUT2D eigenvalue weighted by molar-refractivity contribution is -0.117. The number of rotatable bonds is 8. The maximum absolute atomic E-state index is 14.5. The van der Waals surface area contributed by atoms with Crippen LogP contribution in [0.5, 0.6) is 0 Å². The molecule has 1 aliphatic rings. The molecule has 5 nitrogen and oxygen atoms in total. The molecule has 1 fully saturated rings. The third kappa shape index (κ3) is 6.22. The van der Waals surface area contributed by atoms with Crippen LogP contribution in [0.15, 0.2) is 42.5 Å². The van der Waals surface area contributed by atoms with Crippen LogP contribution >= 0.6 is 46.4 Å². The fourth-order valence-electron chi connectivity index (χ4n) is 3.98. The van der Waals surface area contributed by atoms with E-state index in [-0.39, 0.29) is 15.7 Å². The summed E-state index contributed by atoms with van der Waals surface area (Å²) in [5, 5.41) is 6.72. The number of nitrogens with one attached hydrogen (secondary N) is 3. The molecule has 0 bridgehead atoms. The normalized spacial score (nSPS) is 17.5. The van der Waals surface area contributed by atoms with E-state index in [0.29, 0.717) is 23.8 Å². The zero-order valence-electron chi connectivity index (χ0n) is 19.6. The van der Waals surface area contributed by atoms with Gasteiger partial charge in [0.1, 0.15) is 16.0 Å². The first kappa shape index (κ1) is 30.1. The second kappa shape index (κ2) is 11.6. The SMILES string of the molecule is O=C(Nc1cc(NCC(F)F)c(F)cc1F)c1cc(NC(=O)[C@H]2[C@H](c3ccc(Cl)c(Cl)c3)C2(Cl)Cl)cc(F)c1F. The Labute approximate surface area is 242 Å². The fourth-order valence-corrected chi connectivity index (χ4v) is 5.11. The summed E-state index contributed by atoms with van der Waals surface area (Å²) in [5.74, 6) is -9.69. The van der Waals surface area contributed by atoms with Crippen LogP contribution in [0.3, 0.4) is 0 Å². The van der Waals surface area contributed by atoms with Crippen LogP contribution in [0.1, 0.15) is 21.8 Å².